The highest BCUT2D eigenvalue weighted by atomic mass is 32.1. The van der Waals surface area contributed by atoms with Crippen LogP contribution in [0, 0.1) is 0 Å². The smallest absolute Gasteiger partial charge is 0.348 e. The van der Waals surface area contributed by atoms with Crippen LogP contribution in [-0.2, 0) is 16.0 Å². The minimum absolute atomic E-state index is 0.0172. The van der Waals surface area contributed by atoms with E-state index in [1.807, 2.05) is 0 Å². The van der Waals surface area contributed by atoms with Gasteiger partial charge in [-0.2, -0.15) is 0 Å². The summed E-state index contributed by atoms with van der Waals surface area (Å²) in [6.45, 7) is -0.290. The summed E-state index contributed by atoms with van der Waals surface area (Å²) < 4.78 is 5.02. The van der Waals surface area contributed by atoms with E-state index in [2.05, 4.69) is 5.32 Å². The number of fused-ring (bicyclic) bond motifs is 1. The molecule has 2 heterocycles. The van der Waals surface area contributed by atoms with Crippen molar-refractivity contribution in [3.63, 3.8) is 0 Å². The Balaban J connectivity index is 1.65. The molecule has 1 aromatic carbocycles. The minimum Gasteiger partial charge on any atom is -0.453 e. The van der Waals surface area contributed by atoms with Crippen LogP contribution in [0.3, 0.4) is 0 Å². The van der Waals surface area contributed by atoms with E-state index < -0.39 is 5.97 Å². The Morgan fingerprint density at radius 3 is 2.86 bits per heavy atom. The third-order valence-corrected chi connectivity index (χ3v) is 4.23. The summed E-state index contributed by atoms with van der Waals surface area (Å²) in [5.41, 5.74) is 2.15. The van der Waals surface area contributed by atoms with E-state index in [1.54, 1.807) is 35.7 Å². The van der Waals surface area contributed by atoms with Crippen molar-refractivity contribution < 1.29 is 19.1 Å². The number of Topliss-reactive ketones (excluding diaryl/α,β-unsaturated/α-hetero) is 1. The van der Waals surface area contributed by atoms with Crippen LogP contribution in [0.4, 0.5) is 5.69 Å². The summed E-state index contributed by atoms with van der Waals surface area (Å²) in [6, 6.07) is 8.49. The maximum atomic E-state index is 12.1. The first-order chi connectivity index (χ1) is 10.6. The molecule has 1 aliphatic rings. The van der Waals surface area contributed by atoms with Gasteiger partial charge in [0.1, 0.15) is 4.88 Å². The molecule has 6 heteroatoms. The van der Waals surface area contributed by atoms with E-state index in [1.165, 1.54) is 11.3 Å². The van der Waals surface area contributed by atoms with Crippen LogP contribution in [0.25, 0.3) is 0 Å². The topological polar surface area (TPSA) is 72.5 Å². The van der Waals surface area contributed by atoms with Crippen LogP contribution in [0.2, 0.25) is 0 Å². The number of carbonyl (C=O) groups excluding carboxylic acids is 3. The number of hydrogen-bond donors (Lipinski definition) is 1. The van der Waals surface area contributed by atoms with Gasteiger partial charge in [-0.15, -0.1) is 11.3 Å². The number of ether oxygens (including phenoxy) is 1. The molecule has 2 aromatic rings. The van der Waals surface area contributed by atoms with Crippen LogP contribution in [-0.4, -0.2) is 24.3 Å². The number of benzene rings is 1. The summed E-state index contributed by atoms with van der Waals surface area (Å²) in [4.78, 5) is 35.6. The van der Waals surface area contributed by atoms with Gasteiger partial charge in [0.2, 0.25) is 5.91 Å². The second-order valence-electron chi connectivity index (χ2n) is 4.90. The quantitative estimate of drug-likeness (QED) is 0.695. The van der Waals surface area contributed by atoms with Gasteiger partial charge in [-0.25, -0.2) is 4.79 Å². The fourth-order valence-corrected chi connectivity index (χ4v) is 2.85. The van der Waals surface area contributed by atoms with Gasteiger partial charge in [-0.05, 0) is 41.6 Å². The molecule has 0 aliphatic carbocycles. The molecule has 1 N–H and O–H groups in total. The standard InChI is InChI=1S/C16H13NO4S/c18-13(9-21-16(20)14-2-1-7-22-14)11-3-5-12-10(8-11)4-6-15(19)17-12/h1-3,5,7-8H,4,6,9H2,(H,17,19). The summed E-state index contributed by atoms with van der Waals surface area (Å²) in [6.07, 6.45) is 1.02. The lowest BCUT2D eigenvalue weighted by atomic mass is 9.99. The van der Waals surface area contributed by atoms with E-state index >= 15 is 0 Å². The van der Waals surface area contributed by atoms with Crippen LogP contribution in [0.1, 0.15) is 32.0 Å². The molecule has 0 radical (unpaired) electrons. The number of aryl methyl sites for hydroxylation is 1. The van der Waals surface area contributed by atoms with Crippen molar-refractivity contribution in [2.75, 3.05) is 11.9 Å². The third-order valence-electron chi connectivity index (χ3n) is 3.38. The normalized spacial score (nSPS) is 13.2. The molecule has 112 valence electrons. The Kier molecular flexibility index (Phi) is 4.02. The molecule has 0 saturated carbocycles. The van der Waals surface area contributed by atoms with Crippen molar-refractivity contribution in [1.82, 2.24) is 0 Å². The van der Waals surface area contributed by atoms with Gasteiger partial charge in [-0.1, -0.05) is 6.07 Å². The van der Waals surface area contributed by atoms with Crippen LogP contribution >= 0.6 is 11.3 Å². The molecule has 0 bridgehead atoms. The zero-order chi connectivity index (χ0) is 15.5. The lowest BCUT2D eigenvalue weighted by Crippen LogP contribution is -2.20. The monoisotopic (exact) mass is 315 g/mol. The molecule has 0 atom stereocenters. The molecule has 3 rings (SSSR count). The van der Waals surface area contributed by atoms with Gasteiger partial charge < -0.3 is 10.1 Å². The minimum atomic E-state index is -0.492. The summed E-state index contributed by atoms with van der Waals surface area (Å²) in [7, 11) is 0. The Morgan fingerprint density at radius 2 is 2.09 bits per heavy atom. The molecule has 0 unspecified atom stereocenters. The fourth-order valence-electron chi connectivity index (χ4n) is 2.24. The average molecular weight is 315 g/mol. The molecule has 0 fully saturated rings. The lowest BCUT2D eigenvalue weighted by Gasteiger charge is -2.17. The molecule has 1 aliphatic heterocycles. The molecule has 0 spiro atoms. The number of hydrogen-bond acceptors (Lipinski definition) is 5. The fraction of sp³-hybridized carbons (Fsp3) is 0.188. The van der Waals surface area contributed by atoms with Crippen molar-refractivity contribution in [2.24, 2.45) is 0 Å². The van der Waals surface area contributed by atoms with Gasteiger partial charge in [0.25, 0.3) is 0 Å². The largest absolute Gasteiger partial charge is 0.453 e. The molecule has 1 aromatic heterocycles. The van der Waals surface area contributed by atoms with E-state index in [9.17, 15) is 14.4 Å². The average Bonchev–Trinajstić information content (AvgIpc) is 3.06. The van der Waals surface area contributed by atoms with E-state index in [0.717, 1.165) is 11.3 Å². The Morgan fingerprint density at radius 1 is 1.23 bits per heavy atom. The number of carbonyl (C=O) groups is 3. The Hall–Kier alpha value is -2.47. The maximum Gasteiger partial charge on any atom is 0.348 e. The molecule has 1 amide bonds. The van der Waals surface area contributed by atoms with Crippen molar-refractivity contribution in [1.29, 1.82) is 0 Å². The first-order valence-electron chi connectivity index (χ1n) is 6.80. The number of ketones is 1. The molecule has 0 saturated heterocycles. The lowest BCUT2D eigenvalue weighted by molar-refractivity contribution is -0.116. The SMILES string of the molecule is O=C1CCc2cc(C(=O)COC(=O)c3cccs3)ccc2N1. The highest BCUT2D eigenvalue weighted by Gasteiger charge is 2.17. The number of nitrogens with one attached hydrogen (secondary N) is 1. The van der Waals surface area contributed by atoms with Crippen LogP contribution < -0.4 is 5.32 Å². The second-order valence-corrected chi connectivity index (χ2v) is 5.84. The highest BCUT2D eigenvalue weighted by molar-refractivity contribution is 7.11. The number of thiophene rings is 1. The van der Waals surface area contributed by atoms with E-state index in [-0.39, 0.29) is 18.3 Å². The predicted molar refractivity (Wildman–Crippen MR) is 82.3 cm³/mol. The van der Waals surface area contributed by atoms with E-state index in [4.69, 9.17) is 4.74 Å². The van der Waals surface area contributed by atoms with Crippen LogP contribution in [0.5, 0.6) is 0 Å². The Labute approximate surface area is 130 Å². The highest BCUT2D eigenvalue weighted by Crippen LogP contribution is 2.23. The number of anilines is 1. The van der Waals surface area contributed by atoms with Gasteiger partial charge in [0, 0.05) is 17.7 Å². The predicted octanol–water partition coefficient (Wildman–Crippen LogP) is 2.67. The Bertz CT molecular complexity index is 737. The second kappa shape index (κ2) is 6.11. The van der Waals surface area contributed by atoms with E-state index in [0.29, 0.717) is 23.3 Å². The number of esters is 1. The molecule has 5 nitrogen and oxygen atoms in total. The first kappa shape index (κ1) is 14.5. The molecule has 22 heavy (non-hydrogen) atoms. The summed E-state index contributed by atoms with van der Waals surface area (Å²) >= 11 is 1.27. The van der Waals surface area contributed by atoms with Crippen molar-refractivity contribution in [3.05, 3.63) is 51.7 Å². The van der Waals surface area contributed by atoms with Crippen molar-refractivity contribution >= 4 is 34.7 Å². The van der Waals surface area contributed by atoms with Crippen molar-refractivity contribution in [3.8, 4) is 0 Å². The maximum absolute atomic E-state index is 12.1. The third kappa shape index (κ3) is 3.07. The van der Waals surface area contributed by atoms with Gasteiger partial charge in [-0.3, -0.25) is 9.59 Å². The van der Waals surface area contributed by atoms with Gasteiger partial charge in [0.05, 0.1) is 0 Å². The zero-order valence-corrected chi connectivity index (χ0v) is 12.4. The van der Waals surface area contributed by atoms with Crippen LogP contribution in [0.15, 0.2) is 35.7 Å². The molecular weight excluding hydrogens is 302 g/mol. The van der Waals surface area contributed by atoms with Gasteiger partial charge in [0.15, 0.2) is 12.4 Å². The molecular formula is C16H13NO4S. The first-order valence-corrected chi connectivity index (χ1v) is 7.68. The van der Waals surface area contributed by atoms with Gasteiger partial charge >= 0.3 is 5.97 Å². The number of rotatable bonds is 4. The summed E-state index contributed by atoms with van der Waals surface area (Å²) in [5, 5.41) is 4.53. The van der Waals surface area contributed by atoms with Crippen molar-refractivity contribution in [2.45, 2.75) is 12.8 Å². The number of amides is 1. The summed E-state index contributed by atoms with van der Waals surface area (Å²) in [5.74, 6) is -0.769. The zero-order valence-electron chi connectivity index (χ0n) is 11.6.